The lowest BCUT2D eigenvalue weighted by atomic mass is 10.1. The summed E-state index contributed by atoms with van der Waals surface area (Å²) in [6.45, 7) is 1.29. The molecule has 3 rings (SSSR count). The van der Waals surface area contributed by atoms with Crippen molar-refractivity contribution in [2.45, 2.75) is 25.4 Å². The maximum absolute atomic E-state index is 12.1. The number of nitrogens with two attached hydrogens (primary N) is 1. The van der Waals surface area contributed by atoms with Gasteiger partial charge in [0.25, 0.3) is 0 Å². The van der Waals surface area contributed by atoms with E-state index in [0.717, 1.165) is 41.5 Å². The number of fused-ring (bicyclic) bond motifs is 1. The molecule has 1 unspecified atom stereocenters. The number of anilines is 1. The number of carbonyl (C=O) groups is 1. The Morgan fingerprint density at radius 3 is 3.05 bits per heavy atom. The van der Waals surface area contributed by atoms with Gasteiger partial charge < -0.3 is 16.0 Å². The number of amides is 1. The van der Waals surface area contributed by atoms with Crippen LogP contribution in [0.3, 0.4) is 0 Å². The normalized spacial score (nSPS) is 18.2. The molecule has 0 saturated carbocycles. The Hall–Kier alpha value is -2.14. The topological polar surface area (TPSA) is 71.2 Å². The fourth-order valence-electron chi connectivity index (χ4n) is 3.13. The lowest BCUT2D eigenvalue weighted by Gasteiger charge is -2.28. The van der Waals surface area contributed by atoms with E-state index in [0.29, 0.717) is 6.54 Å². The molecule has 3 N–H and O–H groups in total. The van der Waals surface area contributed by atoms with Gasteiger partial charge in [0.05, 0.1) is 11.2 Å². The Labute approximate surface area is 124 Å². The Kier molecular flexibility index (Phi) is 3.75. The molecule has 0 spiro atoms. The molecule has 1 amide bonds. The fourth-order valence-corrected chi connectivity index (χ4v) is 3.13. The molecule has 110 valence electrons. The molecule has 1 aliphatic heterocycles. The molecule has 1 aliphatic rings. The molecular weight excluding hydrogens is 264 g/mol. The minimum absolute atomic E-state index is 0.0661. The summed E-state index contributed by atoms with van der Waals surface area (Å²) in [6.07, 6.45) is 3.72. The molecule has 2 aromatic rings. The monoisotopic (exact) mass is 284 g/mol. The largest absolute Gasteiger partial charge is 0.359 e. The van der Waals surface area contributed by atoms with Crippen LogP contribution in [0.2, 0.25) is 0 Å². The summed E-state index contributed by atoms with van der Waals surface area (Å²) in [5.74, 6) is 0.0661. The zero-order chi connectivity index (χ0) is 14.8. The van der Waals surface area contributed by atoms with Crippen molar-refractivity contribution in [3.63, 3.8) is 0 Å². The highest BCUT2D eigenvalue weighted by atomic mass is 16.2. The quantitative estimate of drug-likeness (QED) is 0.894. The Bertz CT molecular complexity index is 670. The average molecular weight is 284 g/mol. The van der Waals surface area contributed by atoms with Crippen LogP contribution >= 0.6 is 0 Å². The van der Waals surface area contributed by atoms with E-state index >= 15 is 0 Å². The standard InChI is InChI=1S/C16H20N4O/c1-18-16(21)14-7-4-8-20(14)15-11(9-17)10-19-13-6-3-2-5-12(13)15/h2-3,5-6,10,14H,4,7-9,17H2,1H3,(H,18,21). The second-order valence-electron chi connectivity index (χ2n) is 5.32. The number of carbonyl (C=O) groups excluding carboxylic acids is 1. The van der Waals surface area contributed by atoms with Gasteiger partial charge in [0.1, 0.15) is 6.04 Å². The molecule has 0 radical (unpaired) electrons. The maximum Gasteiger partial charge on any atom is 0.242 e. The first kappa shape index (κ1) is 13.8. The van der Waals surface area contributed by atoms with Crippen LogP contribution in [0.4, 0.5) is 5.69 Å². The van der Waals surface area contributed by atoms with E-state index in [-0.39, 0.29) is 11.9 Å². The van der Waals surface area contributed by atoms with Crippen molar-refractivity contribution in [2.24, 2.45) is 5.73 Å². The number of benzene rings is 1. The third kappa shape index (κ3) is 2.34. The summed E-state index contributed by atoms with van der Waals surface area (Å²) < 4.78 is 0. The molecule has 1 saturated heterocycles. The first-order chi connectivity index (χ1) is 10.3. The number of pyridine rings is 1. The predicted octanol–water partition coefficient (Wildman–Crippen LogP) is 1.41. The van der Waals surface area contributed by atoms with Gasteiger partial charge in [-0.05, 0) is 18.9 Å². The molecule has 1 fully saturated rings. The Morgan fingerprint density at radius 1 is 1.48 bits per heavy atom. The summed E-state index contributed by atoms with van der Waals surface area (Å²) in [6, 6.07) is 7.89. The number of hydrogen-bond acceptors (Lipinski definition) is 4. The van der Waals surface area contributed by atoms with Crippen molar-refractivity contribution in [2.75, 3.05) is 18.5 Å². The van der Waals surface area contributed by atoms with Gasteiger partial charge in [-0.2, -0.15) is 0 Å². The van der Waals surface area contributed by atoms with Crippen molar-refractivity contribution in [3.05, 3.63) is 36.0 Å². The van der Waals surface area contributed by atoms with E-state index in [1.807, 2.05) is 24.4 Å². The van der Waals surface area contributed by atoms with Gasteiger partial charge in [0.15, 0.2) is 0 Å². The first-order valence-electron chi connectivity index (χ1n) is 7.31. The number of hydrogen-bond donors (Lipinski definition) is 2. The van der Waals surface area contributed by atoms with Crippen LogP contribution in [0.25, 0.3) is 10.9 Å². The molecule has 0 bridgehead atoms. The molecule has 1 atom stereocenters. The number of aromatic nitrogens is 1. The van der Waals surface area contributed by atoms with Crippen LogP contribution in [0, 0.1) is 0 Å². The zero-order valence-corrected chi connectivity index (χ0v) is 12.2. The summed E-state index contributed by atoms with van der Waals surface area (Å²) >= 11 is 0. The van der Waals surface area contributed by atoms with Crippen LogP contribution < -0.4 is 16.0 Å². The molecule has 5 heteroatoms. The highest BCUT2D eigenvalue weighted by Gasteiger charge is 2.32. The third-order valence-electron chi connectivity index (χ3n) is 4.13. The molecule has 5 nitrogen and oxygen atoms in total. The summed E-state index contributed by atoms with van der Waals surface area (Å²) in [5.41, 5.74) is 8.89. The van der Waals surface area contributed by atoms with Crippen LogP contribution in [0.5, 0.6) is 0 Å². The number of likely N-dealkylation sites (N-methyl/N-ethyl adjacent to an activating group) is 1. The average Bonchev–Trinajstić information content (AvgIpc) is 3.02. The Balaban J connectivity index is 2.16. The van der Waals surface area contributed by atoms with Crippen molar-refractivity contribution in [1.29, 1.82) is 0 Å². The predicted molar refractivity (Wildman–Crippen MR) is 84.1 cm³/mol. The van der Waals surface area contributed by atoms with E-state index in [2.05, 4.69) is 21.3 Å². The van der Waals surface area contributed by atoms with Crippen molar-refractivity contribution < 1.29 is 4.79 Å². The molecule has 1 aromatic heterocycles. The van der Waals surface area contributed by atoms with Gasteiger partial charge in [-0.25, -0.2) is 0 Å². The van der Waals surface area contributed by atoms with Crippen LogP contribution in [0.15, 0.2) is 30.5 Å². The van der Waals surface area contributed by atoms with Gasteiger partial charge in [-0.15, -0.1) is 0 Å². The van der Waals surface area contributed by atoms with Crippen LogP contribution in [-0.4, -0.2) is 30.5 Å². The smallest absolute Gasteiger partial charge is 0.242 e. The first-order valence-corrected chi connectivity index (χ1v) is 7.31. The SMILES string of the molecule is CNC(=O)C1CCCN1c1c(CN)cnc2ccccc12. The van der Waals surface area contributed by atoms with E-state index in [9.17, 15) is 4.79 Å². The number of para-hydroxylation sites is 1. The van der Waals surface area contributed by atoms with Crippen molar-refractivity contribution in [1.82, 2.24) is 10.3 Å². The van der Waals surface area contributed by atoms with Gasteiger partial charge in [-0.3, -0.25) is 9.78 Å². The molecule has 1 aromatic carbocycles. The number of nitrogens with zero attached hydrogens (tertiary/aromatic N) is 2. The van der Waals surface area contributed by atoms with Crippen molar-refractivity contribution in [3.8, 4) is 0 Å². The molecular formula is C16H20N4O. The van der Waals surface area contributed by atoms with E-state index in [1.165, 1.54) is 0 Å². The van der Waals surface area contributed by atoms with Gasteiger partial charge in [0, 0.05) is 37.3 Å². The van der Waals surface area contributed by atoms with E-state index in [4.69, 9.17) is 5.73 Å². The fraction of sp³-hybridized carbons (Fsp3) is 0.375. The second-order valence-corrected chi connectivity index (χ2v) is 5.32. The minimum atomic E-state index is -0.119. The second kappa shape index (κ2) is 5.69. The van der Waals surface area contributed by atoms with Crippen molar-refractivity contribution >= 4 is 22.5 Å². The maximum atomic E-state index is 12.1. The van der Waals surface area contributed by atoms with Gasteiger partial charge >= 0.3 is 0 Å². The van der Waals surface area contributed by atoms with E-state index in [1.54, 1.807) is 7.05 Å². The Morgan fingerprint density at radius 2 is 2.29 bits per heavy atom. The summed E-state index contributed by atoms with van der Waals surface area (Å²) in [4.78, 5) is 18.8. The minimum Gasteiger partial charge on any atom is -0.359 e. The van der Waals surface area contributed by atoms with Crippen LogP contribution in [0.1, 0.15) is 18.4 Å². The molecule has 2 heterocycles. The van der Waals surface area contributed by atoms with Gasteiger partial charge in [0.2, 0.25) is 5.91 Å². The third-order valence-corrected chi connectivity index (χ3v) is 4.13. The van der Waals surface area contributed by atoms with E-state index < -0.39 is 0 Å². The number of nitrogens with one attached hydrogen (secondary N) is 1. The van der Waals surface area contributed by atoms with Gasteiger partial charge in [-0.1, -0.05) is 18.2 Å². The van der Waals surface area contributed by atoms with Crippen LogP contribution in [-0.2, 0) is 11.3 Å². The molecule has 21 heavy (non-hydrogen) atoms. The zero-order valence-electron chi connectivity index (χ0n) is 12.2. The highest BCUT2D eigenvalue weighted by Crippen LogP contribution is 2.34. The summed E-state index contributed by atoms with van der Waals surface area (Å²) in [7, 11) is 1.69. The lowest BCUT2D eigenvalue weighted by Crippen LogP contribution is -2.42. The highest BCUT2D eigenvalue weighted by molar-refractivity contribution is 5.96. The molecule has 0 aliphatic carbocycles. The lowest BCUT2D eigenvalue weighted by molar-refractivity contribution is -0.121. The number of rotatable bonds is 3. The summed E-state index contributed by atoms with van der Waals surface area (Å²) in [5, 5.41) is 3.83.